The van der Waals surface area contributed by atoms with Crippen molar-refractivity contribution in [2.24, 2.45) is 0 Å². The van der Waals surface area contributed by atoms with Crippen LogP contribution in [0.25, 0.3) is 0 Å². The van der Waals surface area contributed by atoms with Crippen molar-refractivity contribution in [1.82, 2.24) is 10.2 Å². The maximum absolute atomic E-state index is 12.2. The zero-order valence-electron chi connectivity index (χ0n) is 14.2. The zero-order valence-corrected chi connectivity index (χ0v) is 15.9. The molecule has 0 spiro atoms. The standard InChI is InChI=1S/C14H23N2O7PS/c1-10(17)3-5-15-12(18)4-6-16-13(19)9-11(14(16)20)25-8-7-23-24(21)22-2/h11,21H,3-9H2,1-2H3,(H,15,18). The molecule has 2 unspecified atom stereocenters. The van der Waals surface area contributed by atoms with Crippen molar-refractivity contribution in [3.05, 3.63) is 0 Å². The molecule has 142 valence electrons. The van der Waals surface area contributed by atoms with Crippen molar-refractivity contribution in [2.45, 2.75) is 31.4 Å². The molecule has 0 bridgehead atoms. The Bertz CT molecular complexity index is 506. The first-order valence-electron chi connectivity index (χ1n) is 7.73. The minimum Gasteiger partial charge on any atom is -0.356 e. The van der Waals surface area contributed by atoms with Gasteiger partial charge in [0, 0.05) is 45.2 Å². The van der Waals surface area contributed by atoms with Crippen LogP contribution in [-0.4, -0.2) is 71.1 Å². The van der Waals surface area contributed by atoms with Crippen molar-refractivity contribution in [3.8, 4) is 0 Å². The molecule has 1 fully saturated rings. The predicted octanol–water partition coefficient (Wildman–Crippen LogP) is 0.215. The first-order chi connectivity index (χ1) is 11.8. The first kappa shape index (κ1) is 22.0. The van der Waals surface area contributed by atoms with Crippen LogP contribution in [0.15, 0.2) is 0 Å². The fourth-order valence-corrected chi connectivity index (χ4v) is 3.53. The topological polar surface area (TPSA) is 122 Å². The second-order valence-electron chi connectivity index (χ2n) is 5.25. The number of rotatable bonds is 12. The molecule has 11 heteroatoms. The van der Waals surface area contributed by atoms with Crippen LogP contribution in [0.2, 0.25) is 0 Å². The second kappa shape index (κ2) is 11.5. The molecule has 1 rings (SSSR count). The number of hydrogen-bond donors (Lipinski definition) is 2. The molecule has 0 aromatic heterocycles. The average Bonchev–Trinajstić information content (AvgIpc) is 2.82. The fourth-order valence-electron chi connectivity index (χ4n) is 2.06. The van der Waals surface area contributed by atoms with Crippen LogP contribution < -0.4 is 5.32 Å². The third-order valence-corrected chi connectivity index (χ3v) is 5.21. The lowest BCUT2D eigenvalue weighted by Gasteiger charge is -2.14. The molecule has 0 saturated carbocycles. The lowest BCUT2D eigenvalue weighted by molar-refractivity contribution is -0.138. The van der Waals surface area contributed by atoms with E-state index in [0.29, 0.717) is 5.75 Å². The van der Waals surface area contributed by atoms with Crippen LogP contribution in [-0.2, 0) is 28.2 Å². The van der Waals surface area contributed by atoms with Gasteiger partial charge in [0.25, 0.3) is 0 Å². The Labute approximate surface area is 151 Å². The Morgan fingerprint density at radius 3 is 2.76 bits per heavy atom. The highest BCUT2D eigenvalue weighted by atomic mass is 32.2. The maximum atomic E-state index is 12.2. The largest absolute Gasteiger partial charge is 0.356 e. The van der Waals surface area contributed by atoms with Crippen molar-refractivity contribution in [3.63, 3.8) is 0 Å². The SMILES string of the molecule is COP(O)OCCSC1CC(=O)N(CCC(=O)NCCC(C)=O)C1=O. The molecule has 1 saturated heterocycles. The summed E-state index contributed by atoms with van der Waals surface area (Å²) in [4.78, 5) is 56.8. The van der Waals surface area contributed by atoms with Gasteiger partial charge in [-0.1, -0.05) is 0 Å². The van der Waals surface area contributed by atoms with E-state index in [4.69, 9.17) is 9.42 Å². The number of likely N-dealkylation sites (tertiary alicyclic amines) is 1. The number of amides is 3. The van der Waals surface area contributed by atoms with Crippen LogP contribution in [0.4, 0.5) is 0 Å². The average molecular weight is 394 g/mol. The lowest BCUT2D eigenvalue weighted by atomic mass is 10.3. The van der Waals surface area contributed by atoms with Gasteiger partial charge in [0.15, 0.2) is 0 Å². The molecule has 25 heavy (non-hydrogen) atoms. The number of Topliss-reactive ketones (excluding diaryl/α,β-unsaturated/α-hetero) is 1. The van der Waals surface area contributed by atoms with E-state index in [2.05, 4.69) is 9.84 Å². The van der Waals surface area contributed by atoms with E-state index in [0.717, 1.165) is 4.90 Å². The highest BCUT2D eigenvalue weighted by molar-refractivity contribution is 8.00. The number of carbonyl (C=O) groups excluding carboxylic acids is 4. The Kier molecular flexibility index (Phi) is 10.1. The highest BCUT2D eigenvalue weighted by Crippen LogP contribution is 2.32. The van der Waals surface area contributed by atoms with Gasteiger partial charge in [-0.2, -0.15) is 0 Å². The normalized spacial score (nSPS) is 18.5. The van der Waals surface area contributed by atoms with Gasteiger partial charge in [-0.3, -0.25) is 24.1 Å². The van der Waals surface area contributed by atoms with E-state index in [1.165, 1.54) is 25.8 Å². The Morgan fingerprint density at radius 2 is 2.12 bits per heavy atom. The van der Waals surface area contributed by atoms with Crippen molar-refractivity contribution in [1.29, 1.82) is 0 Å². The molecule has 2 atom stereocenters. The van der Waals surface area contributed by atoms with E-state index in [9.17, 15) is 19.2 Å². The fraction of sp³-hybridized carbons (Fsp3) is 0.714. The molecule has 9 nitrogen and oxygen atoms in total. The lowest BCUT2D eigenvalue weighted by Crippen LogP contribution is -2.36. The second-order valence-corrected chi connectivity index (χ2v) is 7.66. The number of hydrogen-bond acceptors (Lipinski definition) is 8. The summed E-state index contributed by atoms with van der Waals surface area (Å²) in [6, 6.07) is 0. The van der Waals surface area contributed by atoms with Gasteiger partial charge in [-0.05, 0) is 6.92 Å². The van der Waals surface area contributed by atoms with Gasteiger partial charge in [0.1, 0.15) is 5.78 Å². The summed E-state index contributed by atoms with van der Waals surface area (Å²) in [6.45, 7) is 1.93. The Hall–Kier alpha value is -1.06. The van der Waals surface area contributed by atoms with Gasteiger partial charge in [-0.15, -0.1) is 11.8 Å². The summed E-state index contributed by atoms with van der Waals surface area (Å²) in [7, 11) is -0.569. The van der Waals surface area contributed by atoms with E-state index in [1.807, 2.05) is 0 Å². The van der Waals surface area contributed by atoms with Crippen molar-refractivity contribution < 1.29 is 33.1 Å². The summed E-state index contributed by atoms with van der Waals surface area (Å²) in [6.07, 6.45) is 0.360. The minimum absolute atomic E-state index is 0.0124. The number of ketones is 1. The number of nitrogens with one attached hydrogen (secondary N) is 1. The van der Waals surface area contributed by atoms with Crippen LogP contribution >= 0.6 is 20.4 Å². The van der Waals surface area contributed by atoms with Crippen molar-refractivity contribution >= 4 is 43.9 Å². The molecular formula is C14H23N2O7PS. The molecule has 0 aromatic rings. The quantitative estimate of drug-likeness (QED) is 0.274. The summed E-state index contributed by atoms with van der Waals surface area (Å²) in [5.41, 5.74) is 0. The maximum Gasteiger partial charge on any atom is 0.329 e. The number of imide groups is 1. The molecule has 2 N–H and O–H groups in total. The number of nitrogens with zero attached hydrogens (tertiary/aromatic N) is 1. The van der Waals surface area contributed by atoms with Gasteiger partial charge in [0.05, 0.1) is 11.9 Å². The van der Waals surface area contributed by atoms with Gasteiger partial charge in [-0.25, -0.2) is 0 Å². The van der Waals surface area contributed by atoms with Crippen LogP contribution in [0.3, 0.4) is 0 Å². The molecule has 1 aliphatic rings. The Morgan fingerprint density at radius 1 is 1.40 bits per heavy atom. The summed E-state index contributed by atoms with van der Waals surface area (Å²) < 4.78 is 9.54. The van der Waals surface area contributed by atoms with E-state index >= 15 is 0 Å². The van der Waals surface area contributed by atoms with Crippen LogP contribution in [0.5, 0.6) is 0 Å². The van der Waals surface area contributed by atoms with Gasteiger partial charge in [0.2, 0.25) is 17.7 Å². The summed E-state index contributed by atoms with van der Waals surface area (Å²) in [5.74, 6) is -0.507. The smallest absolute Gasteiger partial charge is 0.329 e. The molecule has 1 aliphatic heterocycles. The molecule has 0 aromatic carbocycles. The third-order valence-electron chi connectivity index (χ3n) is 3.32. The monoisotopic (exact) mass is 394 g/mol. The van der Waals surface area contributed by atoms with Crippen LogP contribution in [0, 0.1) is 0 Å². The predicted molar refractivity (Wildman–Crippen MR) is 92.6 cm³/mol. The third kappa shape index (κ3) is 8.24. The number of thioether (sulfide) groups is 1. The van der Waals surface area contributed by atoms with Crippen LogP contribution in [0.1, 0.15) is 26.2 Å². The summed E-state index contributed by atoms with van der Waals surface area (Å²) >= 11 is 1.27. The molecule has 3 amide bonds. The van der Waals surface area contributed by atoms with E-state index < -0.39 is 13.9 Å². The molecular weight excluding hydrogens is 371 g/mol. The Balaban J connectivity index is 2.29. The van der Waals surface area contributed by atoms with Gasteiger partial charge < -0.3 is 19.3 Å². The van der Waals surface area contributed by atoms with Gasteiger partial charge >= 0.3 is 8.60 Å². The zero-order chi connectivity index (χ0) is 18.8. The number of carbonyl (C=O) groups is 4. The van der Waals surface area contributed by atoms with E-state index in [1.54, 1.807) is 0 Å². The molecule has 0 aliphatic carbocycles. The van der Waals surface area contributed by atoms with E-state index in [-0.39, 0.29) is 62.5 Å². The highest BCUT2D eigenvalue weighted by Gasteiger charge is 2.38. The molecule has 1 heterocycles. The summed E-state index contributed by atoms with van der Waals surface area (Å²) in [5, 5.41) is 2.08. The minimum atomic E-state index is -1.89. The first-order valence-corrected chi connectivity index (χ1v) is 9.91. The van der Waals surface area contributed by atoms with Crippen molar-refractivity contribution in [2.75, 3.05) is 32.6 Å². The molecule has 0 radical (unpaired) electrons.